The first-order valence-corrected chi connectivity index (χ1v) is 10.7. The maximum atomic E-state index is 13.6. The lowest BCUT2D eigenvalue weighted by Gasteiger charge is -2.16. The van der Waals surface area contributed by atoms with Crippen LogP contribution in [0, 0.1) is 13.8 Å². The van der Waals surface area contributed by atoms with E-state index in [2.05, 4.69) is 4.90 Å². The monoisotopic (exact) mass is 442 g/mol. The number of carbonyl (C=O) groups excluding carboxylic acids is 2. The highest BCUT2D eigenvalue weighted by molar-refractivity contribution is 6.15. The third-order valence-electron chi connectivity index (χ3n) is 5.52. The highest BCUT2D eigenvalue weighted by Gasteiger charge is 2.21. The minimum Gasteiger partial charge on any atom is -0.465 e. The molecule has 4 rings (SSSR count). The number of aryl methyl sites for hydroxylation is 2. The van der Waals surface area contributed by atoms with Crippen molar-refractivity contribution in [3.05, 3.63) is 82.4 Å². The standard InChI is InChI=1S/C27H26N2O4/c1-16-12-19(26(30)32-5)13-17(2)25(16)33-27(31)24-20-8-6-7-9-22(20)28-23-11-10-18(14-21(23)24)15-29(3)4/h6-14H,15H2,1-5H3. The summed E-state index contributed by atoms with van der Waals surface area (Å²) in [5, 5.41) is 1.48. The van der Waals surface area contributed by atoms with Gasteiger partial charge in [0.25, 0.3) is 0 Å². The highest BCUT2D eigenvalue weighted by atomic mass is 16.5. The molecule has 0 bridgehead atoms. The van der Waals surface area contributed by atoms with Gasteiger partial charge in [-0.1, -0.05) is 24.3 Å². The Hall–Kier alpha value is -3.77. The van der Waals surface area contributed by atoms with E-state index in [-0.39, 0.29) is 0 Å². The summed E-state index contributed by atoms with van der Waals surface area (Å²) >= 11 is 0. The Morgan fingerprint density at radius 1 is 0.879 bits per heavy atom. The van der Waals surface area contributed by atoms with Gasteiger partial charge in [-0.2, -0.15) is 0 Å². The number of hydrogen-bond acceptors (Lipinski definition) is 6. The van der Waals surface area contributed by atoms with Gasteiger partial charge in [0.05, 0.1) is 29.3 Å². The van der Waals surface area contributed by atoms with Gasteiger partial charge in [-0.25, -0.2) is 14.6 Å². The lowest BCUT2D eigenvalue weighted by molar-refractivity contribution is 0.0600. The topological polar surface area (TPSA) is 68.7 Å². The lowest BCUT2D eigenvalue weighted by atomic mass is 10.0. The Kier molecular flexibility index (Phi) is 6.11. The van der Waals surface area contributed by atoms with Crippen molar-refractivity contribution in [2.24, 2.45) is 0 Å². The minimum absolute atomic E-state index is 0.417. The van der Waals surface area contributed by atoms with E-state index in [0.29, 0.717) is 28.0 Å². The number of nitrogens with zero attached hydrogens (tertiary/aromatic N) is 2. The molecule has 0 fully saturated rings. The van der Waals surface area contributed by atoms with Crippen molar-refractivity contribution in [1.29, 1.82) is 0 Å². The fourth-order valence-corrected chi connectivity index (χ4v) is 4.11. The lowest BCUT2D eigenvalue weighted by Crippen LogP contribution is -2.14. The number of rotatable bonds is 5. The molecule has 0 saturated heterocycles. The van der Waals surface area contributed by atoms with E-state index in [4.69, 9.17) is 14.5 Å². The van der Waals surface area contributed by atoms with Crippen molar-refractivity contribution in [2.75, 3.05) is 21.2 Å². The number of hydrogen-bond donors (Lipinski definition) is 0. The summed E-state index contributed by atoms with van der Waals surface area (Å²) < 4.78 is 10.8. The fraction of sp³-hybridized carbons (Fsp3) is 0.222. The maximum absolute atomic E-state index is 13.6. The molecule has 33 heavy (non-hydrogen) atoms. The van der Waals surface area contributed by atoms with Gasteiger partial charge in [0.1, 0.15) is 5.75 Å². The summed E-state index contributed by atoms with van der Waals surface area (Å²) in [6, 6.07) is 16.9. The van der Waals surface area contributed by atoms with Crippen LogP contribution in [-0.2, 0) is 11.3 Å². The van der Waals surface area contributed by atoms with Crippen LogP contribution in [0.1, 0.15) is 37.4 Å². The molecule has 1 aromatic heterocycles. The molecule has 0 atom stereocenters. The average Bonchev–Trinajstić information content (AvgIpc) is 2.78. The summed E-state index contributed by atoms with van der Waals surface area (Å²) in [6.07, 6.45) is 0. The zero-order chi connectivity index (χ0) is 23.7. The van der Waals surface area contributed by atoms with Gasteiger partial charge in [-0.3, -0.25) is 0 Å². The first kappa shape index (κ1) is 22.4. The molecule has 0 saturated carbocycles. The number of para-hydroxylation sites is 1. The normalized spacial score (nSPS) is 11.2. The van der Waals surface area contributed by atoms with Gasteiger partial charge in [0.2, 0.25) is 0 Å². The van der Waals surface area contributed by atoms with E-state index in [0.717, 1.165) is 33.9 Å². The second-order valence-corrected chi connectivity index (χ2v) is 8.41. The van der Waals surface area contributed by atoms with Crippen LogP contribution >= 0.6 is 0 Å². The molecule has 0 spiro atoms. The molecular weight excluding hydrogens is 416 g/mol. The van der Waals surface area contributed by atoms with Crippen molar-refractivity contribution in [2.45, 2.75) is 20.4 Å². The van der Waals surface area contributed by atoms with Crippen molar-refractivity contribution in [3.8, 4) is 5.75 Å². The van der Waals surface area contributed by atoms with Gasteiger partial charge in [-0.05, 0) is 75.0 Å². The van der Waals surface area contributed by atoms with Crippen LogP contribution in [-0.4, -0.2) is 43.0 Å². The predicted molar refractivity (Wildman–Crippen MR) is 129 cm³/mol. The molecule has 0 radical (unpaired) electrons. The Morgan fingerprint density at radius 2 is 1.55 bits per heavy atom. The molecule has 3 aromatic carbocycles. The summed E-state index contributed by atoms with van der Waals surface area (Å²) in [6.45, 7) is 4.35. The Balaban J connectivity index is 1.85. The van der Waals surface area contributed by atoms with Crippen LogP contribution in [0.4, 0.5) is 0 Å². The molecule has 0 amide bonds. The summed E-state index contributed by atoms with van der Waals surface area (Å²) in [5.41, 5.74) is 4.80. The smallest absolute Gasteiger partial charge is 0.344 e. The molecule has 1 heterocycles. The number of ether oxygens (including phenoxy) is 2. The third kappa shape index (κ3) is 4.43. The zero-order valence-electron chi connectivity index (χ0n) is 19.4. The summed E-state index contributed by atoms with van der Waals surface area (Å²) in [5.74, 6) is -0.456. The van der Waals surface area contributed by atoms with Crippen molar-refractivity contribution < 1.29 is 19.1 Å². The van der Waals surface area contributed by atoms with E-state index >= 15 is 0 Å². The van der Waals surface area contributed by atoms with Crippen LogP contribution in [0.25, 0.3) is 21.8 Å². The third-order valence-corrected chi connectivity index (χ3v) is 5.52. The number of carbonyl (C=O) groups is 2. The Bertz CT molecular complexity index is 1370. The Labute approximate surface area is 192 Å². The van der Waals surface area contributed by atoms with Crippen LogP contribution in [0.3, 0.4) is 0 Å². The molecular formula is C27H26N2O4. The quantitative estimate of drug-likeness (QED) is 0.244. The van der Waals surface area contributed by atoms with E-state index in [1.165, 1.54) is 7.11 Å². The molecule has 0 unspecified atom stereocenters. The average molecular weight is 443 g/mol. The SMILES string of the molecule is COC(=O)c1cc(C)c(OC(=O)c2c3ccccc3nc3ccc(CN(C)C)cc23)c(C)c1. The largest absolute Gasteiger partial charge is 0.465 e. The van der Waals surface area contributed by atoms with Crippen LogP contribution in [0.2, 0.25) is 0 Å². The van der Waals surface area contributed by atoms with Crippen molar-refractivity contribution in [1.82, 2.24) is 9.88 Å². The number of aromatic nitrogens is 1. The van der Waals surface area contributed by atoms with E-state index in [9.17, 15) is 9.59 Å². The molecule has 6 nitrogen and oxygen atoms in total. The van der Waals surface area contributed by atoms with E-state index in [1.54, 1.807) is 26.0 Å². The van der Waals surface area contributed by atoms with Gasteiger partial charge >= 0.3 is 11.9 Å². The first-order chi connectivity index (χ1) is 15.8. The number of pyridine rings is 1. The maximum Gasteiger partial charge on any atom is 0.344 e. The molecule has 168 valence electrons. The Morgan fingerprint density at radius 3 is 2.21 bits per heavy atom. The number of fused-ring (bicyclic) bond motifs is 2. The highest BCUT2D eigenvalue weighted by Crippen LogP contribution is 2.31. The van der Waals surface area contributed by atoms with Crippen LogP contribution in [0.5, 0.6) is 5.75 Å². The molecule has 0 aliphatic rings. The van der Waals surface area contributed by atoms with E-state index in [1.807, 2.05) is 56.6 Å². The van der Waals surface area contributed by atoms with Gasteiger partial charge in [0.15, 0.2) is 0 Å². The van der Waals surface area contributed by atoms with E-state index < -0.39 is 11.9 Å². The minimum atomic E-state index is -0.461. The summed E-state index contributed by atoms with van der Waals surface area (Å²) in [7, 11) is 5.34. The number of methoxy groups -OCH3 is 1. The number of esters is 2. The fourth-order valence-electron chi connectivity index (χ4n) is 4.11. The predicted octanol–water partition coefficient (Wildman–Crippen LogP) is 5.07. The second-order valence-electron chi connectivity index (χ2n) is 8.41. The van der Waals surface area contributed by atoms with Crippen molar-refractivity contribution >= 4 is 33.7 Å². The number of benzene rings is 3. The van der Waals surface area contributed by atoms with Crippen molar-refractivity contribution in [3.63, 3.8) is 0 Å². The molecule has 0 aliphatic heterocycles. The first-order valence-electron chi connectivity index (χ1n) is 10.7. The second kappa shape index (κ2) is 9.00. The molecule has 4 aromatic rings. The van der Waals surface area contributed by atoms with Gasteiger partial charge in [-0.15, -0.1) is 0 Å². The molecule has 0 aliphatic carbocycles. The van der Waals surface area contributed by atoms with Gasteiger partial charge < -0.3 is 14.4 Å². The molecule has 0 N–H and O–H groups in total. The van der Waals surface area contributed by atoms with Crippen LogP contribution < -0.4 is 4.74 Å². The van der Waals surface area contributed by atoms with Crippen LogP contribution in [0.15, 0.2) is 54.6 Å². The zero-order valence-corrected chi connectivity index (χ0v) is 19.4. The summed E-state index contributed by atoms with van der Waals surface area (Å²) in [4.78, 5) is 32.4. The van der Waals surface area contributed by atoms with Gasteiger partial charge in [0, 0.05) is 17.3 Å². The molecule has 6 heteroatoms.